The number of hydrogen-bond acceptors (Lipinski definition) is 4. The first kappa shape index (κ1) is 17.5. The smallest absolute Gasteiger partial charge is 0.233 e. The summed E-state index contributed by atoms with van der Waals surface area (Å²) in [7, 11) is 0. The number of carbonyl (C=O) groups is 2. The van der Waals surface area contributed by atoms with Crippen LogP contribution in [-0.2, 0) is 9.59 Å². The van der Waals surface area contributed by atoms with E-state index in [1.54, 1.807) is 30.3 Å². The van der Waals surface area contributed by atoms with Crippen molar-refractivity contribution in [1.82, 2.24) is 0 Å². The Kier molecular flexibility index (Phi) is 5.06. The van der Waals surface area contributed by atoms with Gasteiger partial charge in [-0.3, -0.25) is 19.5 Å². The summed E-state index contributed by atoms with van der Waals surface area (Å²) in [4.78, 5) is 29.3. The van der Waals surface area contributed by atoms with Crippen LogP contribution in [0.15, 0.2) is 41.4 Å². The van der Waals surface area contributed by atoms with Crippen LogP contribution in [0.25, 0.3) is 0 Å². The first-order valence-electron chi connectivity index (χ1n) is 7.63. The van der Waals surface area contributed by atoms with Crippen LogP contribution in [0.5, 0.6) is 5.75 Å². The molecule has 1 N–H and O–H groups in total. The van der Waals surface area contributed by atoms with Crippen molar-refractivity contribution >= 4 is 52.6 Å². The highest BCUT2D eigenvalue weighted by Gasteiger charge is 2.27. The van der Waals surface area contributed by atoms with Crippen LogP contribution in [0.3, 0.4) is 0 Å². The third kappa shape index (κ3) is 3.83. The summed E-state index contributed by atoms with van der Waals surface area (Å²) in [6.45, 7) is 0. The Bertz CT molecular complexity index is 847. The predicted molar refractivity (Wildman–Crippen MR) is 98.2 cm³/mol. The van der Waals surface area contributed by atoms with E-state index in [0.717, 1.165) is 0 Å². The first-order chi connectivity index (χ1) is 12.0. The van der Waals surface area contributed by atoms with Crippen molar-refractivity contribution in [1.29, 1.82) is 0 Å². The van der Waals surface area contributed by atoms with Gasteiger partial charge in [0.2, 0.25) is 11.8 Å². The molecule has 0 saturated carbocycles. The lowest BCUT2D eigenvalue weighted by molar-refractivity contribution is -0.129. The van der Waals surface area contributed by atoms with Gasteiger partial charge in [0.15, 0.2) is 0 Å². The summed E-state index contributed by atoms with van der Waals surface area (Å²) in [6, 6.07) is 9.69. The summed E-state index contributed by atoms with van der Waals surface area (Å²) < 4.78 is 0. The average Bonchev–Trinajstić information content (AvgIpc) is 2.58. The number of amides is 2. The van der Waals surface area contributed by atoms with Crippen LogP contribution in [0, 0.1) is 0 Å². The monoisotopic (exact) mass is 376 g/mol. The fourth-order valence-corrected chi connectivity index (χ4v) is 3.07. The second-order valence-electron chi connectivity index (χ2n) is 5.58. The Balaban J connectivity index is 1.81. The van der Waals surface area contributed by atoms with E-state index in [-0.39, 0.29) is 22.6 Å². The minimum atomic E-state index is -0.189. The lowest BCUT2D eigenvalue weighted by Gasteiger charge is -2.24. The molecule has 2 aromatic carbocycles. The van der Waals surface area contributed by atoms with Gasteiger partial charge < -0.3 is 5.11 Å². The molecule has 0 spiro atoms. The number of hydrogen-bond donors (Lipinski definition) is 1. The highest BCUT2D eigenvalue weighted by atomic mass is 35.5. The number of piperidine rings is 1. The minimum Gasteiger partial charge on any atom is -0.506 e. The van der Waals surface area contributed by atoms with E-state index in [4.69, 9.17) is 23.2 Å². The Hall–Kier alpha value is -2.37. The number of carbonyl (C=O) groups excluding carboxylic acids is 2. The van der Waals surface area contributed by atoms with E-state index >= 15 is 0 Å². The molecule has 2 amide bonds. The van der Waals surface area contributed by atoms with Crippen molar-refractivity contribution in [3.8, 4) is 5.75 Å². The third-order valence-electron chi connectivity index (χ3n) is 3.80. The van der Waals surface area contributed by atoms with Crippen molar-refractivity contribution in [3.05, 3.63) is 52.0 Å². The van der Waals surface area contributed by atoms with Crippen LogP contribution in [-0.4, -0.2) is 23.1 Å². The van der Waals surface area contributed by atoms with E-state index in [1.165, 1.54) is 17.2 Å². The molecule has 7 heteroatoms. The summed E-state index contributed by atoms with van der Waals surface area (Å²) in [5.41, 5.74) is 1.52. The second-order valence-corrected chi connectivity index (χ2v) is 6.42. The normalized spacial score (nSPS) is 15.2. The summed E-state index contributed by atoms with van der Waals surface area (Å²) in [5.74, 6) is -0.479. The SMILES string of the molecule is O=C1CCCC(=O)N1c1ccc(N=Cc2cc(Cl)cc(Cl)c2O)cc1. The van der Waals surface area contributed by atoms with Gasteiger partial charge in [-0.15, -0.1) is 0 Å². The Morgan fingerprint density at radius 1 is 1.04 bits per heavy atom. The van der Waals surface area contributed by atoms with Crippen molar-refractivity contribution < 1.29 is 14.7 Å². The zero-order valence-corrected chi connectivity index (χ0v) is 14.6. The fraction of sp³-hybridized carbons (Fsp3) is 0.167. The maximum atomic E-state index is 11.9. The molecular formula is C18H14Cl2N2O3. The third-order valence-corrected chi connectivity index (χ3v) is 4.30. The molecule has 1 aliphatic heterocycles. The largest absolute Gasteiger partial charge is 0.506 e. The van der Waals surface area contributed by atoms with Crippen LogP contribution in [0.1, 0.15) is 24.8 Å². The molecule has 1 fully saturated rings. The highest BCUT2D eigenvalue weighted by Crippen LogP contribution is 2.30. The molecule has 2 aromatic rings. The number of aliphatic imine (C=N–C) groups is 1. The van der Waals surface area contributed by atoms with Gasteiger partial charge in [-0.25, -0.2) is 0 Å². The quantitative estimate of drug-likeness (QED) is 0.633. The lowest BCUT2D eigenvalue weighted by Crippen LogP contribution is -2.40. The molecule has 3 rings (SSSR count). The lowest BCUT2D eigenvalue weighted by atomic mass is 10.1. The van der Waals surface area contributed by atoms with E-state index in [2.05, 4.69) is 4.99 Å². The summed E-state index contributed by atoms with van der Waals surface area (Å²) >= 11 is 11.8. The molecule has 0 aliphatic carbocycles. The van der Waals surface area contributed by atoms with Gasteiger partial charge in [-0.05, 0) is 42.8 Å². The van der Waals surface area contributed by atoms with Crippen molar-refractivity contribution in [2.24, 2.45) is 4.99 Å². The molecule has 0 radical (unpaired) electrons. The molecule has 0 aromatic heterocycles. The van der Waals surface area contributed by atoms with Gasteiger partial charge in [-0.2, -0.15) is 0 Å². The Morgan fingerprint density at radius 3 is 2.32 bits per heavy atom. The molecule has 0 unspecified atom stereocenters. The second kappa shape index (κ2) is 7.25. The van der Waals surface area contributed by atoms with E-state index in [1.807, 2.05) is 0 Å². The van der Waals surface area contributed by atoms with E-state index < -0.39 is 0 Å². The average molecular weight is 377 g/mol. The Labute approximate surface area is 154 Å². The standard InChI is InChI=1S/C18H14Cl2N2O3/c19-12-8-11(18(25)15(20)9-12)10-21-13-4-6-14(7-5-13)22-16(23)2-1-3-17(22)24/h4-10,25H,1-3H2. The number of anilines is 1. The Morgan fingerprint density at radius 2 is 1.68 bits per heavy atom. The van der Waals surface area contributed by atoms with Crippen LogP contribution < -0.4 is 4.90 Å². The molecule has 25 heavy (non-hydrogen) atoms. The number of benzene rings is 2. The van der Waals surface area contributed by atoms with Crippen molar-refractivity contribution in [2.45, 2.75) is 19.3 Å². The minimum absolute atomic E-state index is 0.101. The molecule has 1 aliphatic rings. The number of aromatic hydroxyl groups is 1. The number of rotatable bonds is 3. The van der Waals surface area contributed by atoms with Crippen LogP contribution in [0.4, 0.5) is 11.4 Å². The summed E-state index contributed by atoms with van der Waals surface area (Å²) in [5, 5.41) is 10.4. The van der Waals surface area contributed by atoms with Crippen LogP contribution in [0.2, 0.25) is 10.0 Å². The van der Waals surface area contributed by atoms with E-state index in [9.17, 15) is 14.7 Å². The molecule has 0 atom stereocenters. The molecular weight excluding hydrogens is 363 g/mol. The predicted octanol–water partition coefficient (Wildman–Crippen LogP) is 4.49. The van der Waals surface area contributed by atoms with Crippen molar-refractivity contribution in [2.75, 3.05) is 4.90 Å². The van der Waals surface area contributed by atoms with Gasteiger partial charge >= 0.3 is 0 Å². The van der Waals surface area contributed by atoms with E-state index in [0.29, 0.717) is 41.2 Å². The zero-order chi connectivity index (χ0) is 18.0. The van der Waals surface area contributed by atoms with Gasteiger partial charge in [0.05, 0.1) is 16.4 Å². The molecule has 5 nitrogen and oxygen atoms in total. The van der Waals surface area contributed by atoms with Crippen molar-refractivity contribution in [3.63, 3.8) is 0 Å². The van der Waals surface area contributed by atoms with Gasteiger partial charge in [-0.1, -0.05) is 23.2 Å². The number of phenolic OH excluding ortho intramolecular Hbond substituents is 1. The molecule has 1 heterocycles. The number of nitrogens with zero attached hydrogens (tertiary/aromatic N) is 2. The van der Waals surface area contributed by atoms with Gasteiger partial charge in [0, 0.05) is 29.6 Å². The summed E-state index contributed by atoms with van der Waals surface area (Å²) in [6.07, 6.45) is 2.79. The number of halogens is 2. The maximum Gasteiger partial charge on any atom is 0.233 e. The number of phenols is 1. The topological polar surface area (TPSA) is 70.0 Å². The van der Waals surface area contributed by atoms with Gasteiger partial charge in [0.25, 0.3) is 0 Å². The molecule has 128 valence electrons. The fourth-order valence-electron chi connectivity index (χ4n) is 2.56. The van der Waals surface area contributed by atoms with Gasteiger partial charge in [0.1, 0.15) is 5.75 Å². The molecule has 1 saturated heterocycles. The number of imide groups is 1. The van der Waals surface area contributed by atoms with Crippen LogP contribution >= 0.6 is 23.2 Å². The maximum absolute atomic E-state index is 11.9. The highest BCUT2D eigenvalue weighted by molar-refractivity contribution is 6.36. The zero-order valence-electron chi connectivity index (χ0n) is 13.1. The molecule has 0 bridgehead atoms. The first-order valence-corrected chi connectivity index (χ1v) is 8.39.